The number of ether oxygens (including phenoxy) is 2. The molecule has 0 radical (unpaired) electrons. The van der Waals surface area contributed by atoms with Gasteiger partial charge in [-0.3, -0.25) is 14.4 Å². The fourth-order valence-electron chi connectivity index (χ4n) is 10.1. The van der Waals surface area contributed by atoms with Crippen molar-refractivity contribution in [2.75, 3.05) is 6.61 Å². The van der Waals surface area contributed by atoms with Crippen LogP contribution in [0.3, 0.4) is 0 Å². The zero-order valence-electron chi connectivity index (χ0n) is 29.6. The molecule has 13 heteroatoms. The summed E-state index contributed by atoms with van der Waals surface area (Å²) in [5, 5.41) is 85.0. The Morgan fingerprint density at radius 2 is 1.61 bits per heavy atom. The Bertz CT molecular complexity index is 1440. The van der Waals surface area contributed by atoms with Gasteiger partial charge in [-0.25, -0.2) is 0 Å². The quantitative estimate of drug-likeness (QED) is 0.158. The average molecular weight is 695 g/mol. The highest BCUT2D eigenvalue weighted by molar-refractivity contribution is 6.02. The van der Waals surface area contributed by atoms with Gasteiger partial charge in [-0.1, -0.05) is 32.4 Å². The highest BCUT2D eigenvalue weighted by Crippen LogP contribution is 2.74. The molecule has 49 heavy (non-hydrogen) atoms. The molecule has 4 aliphatic carbocycles. The first-order valence-corrected chi connectivity index (χ1v) is 17.1. The molecule has 276 valence electrons. The van der Waals surface area contributed by atoms with Gasteiger partial charge in [0.25, 0.3) is 0 Å². The third-order valence-corrected chi connectivity index (χ3v) is 13.5. The standard InChI is InChI=1S/C36H54O13/c1-31(2)16-9-10-21-33(5)13-18(38)28(36(8,47)23(40)12-22(39)32(3,4)46)34(33,6)14-24(41)35(21,7)17(16)11-19(29(31)45)48-30-27(44)26(43)25(42)20(15-37)49-30/h9,11,17-18,20-22,25-28,30,37-39,42-44,46-47H,10,12-15H2,1-8H3/t17-,18-,20-,21+,22+,25-,26+,27-,28+,30-,33+,34-,35+,36+/m1/s1. The van der Waals surface area contributed by atoms with Gasteiger partial charge in [0.1, 0.15) is 35.8 Å². The summed E-state index contributed by atoms with van der Waals surface area (Å²) >= 11 is 0. The molecule has 0 aromatic rings. The zero-order valence-corrected chi connectivity index (χ0v) is 29.6. The van der Waals surface area contributed by atoms with Crippen molar-refractivity contribution in [3.8, 4) is 0 Å². The molecule has 3 fully saturated rings. The largest absolute Gasteiger partial charge is 0.459 e. The number of carbonyl (C=O) groups is 3. The van der Waals surface area contributed by atoms with Crippen molar-refractivity contribution in [2.24, 2.45) is 39.4 Å². The second-order valence-corrected chi connectivity index (χ2v) is 17.1. The van der Waals surface area contributed by atoms with Crippen LogP contribution in [0.2, 0.25) is 0 Å². The van der Waals surface area contributed by atoms with Crippen LogP contribution in [-0.2, 0) is 23.9 Å². The van der Waals surface area contributed by atoms with E-state index in [2.05, 4.69) is 0 Å². The zero-order chi connectivity index (χ0) is 37.0. The number of aliphatic hydroxyl groups is 8. The second-order valence-electron chi connectivity index (χ2n) is 17.1. The lowest BCUT2D eigenvalue weighted by Gasteiger charge is -2.63. The molecule has 0 unspecified atom stereocenters. The Morgan fingerprint density at radius 3 is 2.18 bits per heavy atom. The van der Waals surface area contributed by atoms with E-state index in [1.807, 2.05) is 26.8 Å². The highest BCUT2D eigenvalue weighted by atomic mass is 16.7. The molecule has 1 aliphatic heterocycles. The number of fused-ring (bicyclic) bond motifs is 5. The number of aliphatic hydroxyl groups excluding tert-OH is 6. The molecule has 5 aliphatic rings. The molecule has 13 nitrogen and oxygen atoms in total. The van der Waals surface area contributed by atoms with Crippen LogP contribution in [0.25, 0.3) is 0 Å². The molecule has 5 rings (SSSR count). The SMILES string of the molecule is CC1(C)C(=O)C(O[C@@H]2O[C@H](CO)[C@@H](O)[C@H](O)[C@H]2O)=C[C@@H]2C1=CC[C@@H]1[C@@]2(C)C(=O)C[C@]2(C)[C@@H]([C@@](C)(O)C(=O)C[C@H](O)C(C)(C)O)[C@H](O)C[C@@]12C. The summed E-state index contributed by atoms with van der Waals surface area (Å²) in [6, 6.07) is 0. The van der Waals surface area contributed by atoms with Crippen molar-refractivity contribution in [3.05, 3.63) is 23.5 Å². The number of hydrogen-bond donors (Lipinski definition) is 8. The highest BCUT2D eigenvalue weighted by Gasteiger charge is 2.74. The smallest absolute Gasteiger partial charge is 0.229 e. The van der Waals surface area contributed by atoms with E-state index < -0.39 is 118 Å². The van der Waals surface area contributed by atoms with Crippen LogP contribution >= 0.6 is 0 Å². The fourth-order valence-corrected chi connectivity index (χ4v) is 10.1. The van der Waals surface area contributed by atoms with Crippen molar-refractivity contribution in [2.45, 2.75) is 135 Å². The molecule has 0 bridgehead atoms. The monoisotopic (exact) mass is 694 g/mol. The van der Waals surface area contributed by atoms with Gasteiger partial charge in [-0.05, 0) is 70.3 Å². The van der Waals surface area contributed by atoms with E-state index >= 15 is 0 Å². The molecule has 1 saturated heterocycles. The van der Waals surface area contributed by atoms with Crippen molar-refractivity contribution < 1.29 is 64.7 Å². The Kier molecular flexibility index (Phi) is 9.34. The third-order valence-electron chi connectivity index (χ3n) is 13.5. The van der Waals surface area contributed by atoms with Gasteiger partial charge in [0.05, 0.1) is 29.8 Å². The van der Waals surface area contributed by atoms with Crippen molar-refractivity contribution in [1.29, 1.82) is 0 Å². The van der Waals surface area contributed by atoms with Crippen LogP contribution in [0.15, 0.2) is 23.5 Å². The van der Waals surface area contributed by atoms with Crippen LogP contribution in [-0.4, -0.2) is 119 Å². The van der Waals surface area contributed by atoms with E-state index in [-0.39, 0.29) is 24.4 Å². The minimum absolute atomic E-state index is 0.107. The Hall–Kier alpha value is -2.07. The maximum absolute atomic E-state index is 14.7. The fraction of sp³-hybridized carbons (Fsp3) is 0.806. The summed E-state index contributed by atoms with van der Waals surface area (Å²) in [6.07, 6.45) is -7.26. The molecular weight excluding hydrogens is 640 g/mol. The lowest BCUT2D eigenvalue weighted by Crippen LogP contribution is -2.64. The van der Waals surface area contributed by atoms with E-state index in [0.29, 0.717) is 12.0 Å². The Balaban J connectivity index is 1.53. The molecule has 0 amide bonds. The minimum Gasteiger partial charge on any atom is -0.459 e. The number of Topliss-reactive ketones (excluding diaryl/α,β-unsaturated/α-hetero) is 3. The normalized spacial score (nSPS) is 45.3. The summed E-state index contributed by atoms with van der Waals surface area (Å²) in [5.41, 5.74) is -7.23. The predicted octanol–water partition coefficient (Wildman–Crippen LogP) is 0.0727. The van der Waals surface area contributed by atoms with Gasteiger partial charge >= 0.3 is 0 Å². The maximum Gasteiger partial charge on any atom is 0.229 e. The van der Waals surface area contributed by atoms with Gasteiger partial charge < -0.3 is 50.3 Å². The molecule has 0 aromatic carbocycles. The lowest BCUT2D eigenvalue weighted by molar-refractivity contribution is -0.291. The van der Waals surface area contributed by atoms with Crippen molar-refractivity contribution >= 4 is 17.3 Å². The van der Waals surface area contributed by atoms with Crippen LogP contribution in [0.5, 0.6) is 0 Å². The summed E-state index contributed by atoms with van der Waals surface area (Å²) in [4.78, 5) is 42.1. The summed E-state index contributed by atoms with van der Waals surface area (Å²) in [5.74, 6) is -3.78. The van der Waals surface area contributed by atoms with E-state index in [0.717, 1.165) is 0 Å². The van der Waals surface area contributed by atoms with E-state index in [1.54, 1.807) is 13.8 Å². The van der Waals surface area contributed by atoms with Gasteiger partial charge in [0.2, 0.25) is 12.1 Å². The molecule has 8 N–H and O–H groups in total. The minimum atomic E-state index is -2.15. The second kappa shape index (κ2) is 12.0. The van der Waals surface area contributed by atoms with E-state index in [9.17, 15) is 55.2 Å². The predicted molar refractivity (Wildman–Crippen MR) is 172 cm³/mol. The van der Waals surface area contributed by atoms with E-state index in [4.69, 9.17) is 9.47 Å². The summed E-state index contributed by atoms with van der Waals surface area (Å²) in [6.45, 7) is 12.3. The number of rotatable bonds is 8. The van der Waals surface area contributed by atoms with Crippen molar-refractivity contribution in [3.63, 3.8) is 0 Å². The molecular formula is C36H54O13. The first kappa shape index (κ1) is 38.2. The lowest BCUT2D eigenvalue weighted by atomic mass is 9.39. The van der Waals surface area contributed by atoms with Gasteiger partial charge in [-0.15, -0.1) is 0 Å². The summed E-state index contributed by atoms with van der Waals surface area (Å²) < 4.78 is 11.4. The first-order chi connectivity index (χ1) is 22.3. The van der Waals surface area contributed by atoms with Gasteiger partial charge in [0.15, 0.2) is 11.5 Å². The summed E-state index contributed by atoms with van der Waals surface area (Å²) in [7, 11) is 0. The number of hydrogen-bond acceptors (Lipinski definition) is 13. The molecule has 0 aromatic heterocycles. The maximum atomic E-state index is 14.7. The van der Waals surface area contributed by atoms with Crippen LogP contribution in [0, 0.1) is 39.4 Å². The number of allylic oxidation sites excluding steroid dienone is 4. The van der Waals surface area contributed by atoms with Crippen LogP contribution in [0.1, 0.15) is 81.1 Å². The van der Waals surface area contributed by atoms with E-state index in [1.165, 1.54) is 26.8 Å². The topological polar surface area (TPSA) is 232 Å². The molecule has 14 atom stereocenters. The average Bonchev–Trinajstić information content (AvgIpc) is 3.20. The number of ketones is 3. The molecule has 2 saturated carbocycles. The Labute approximate surface area is 286 Å². The Morgan fingerprint density at radius 1 is 1.00 bits per heavy atom. The number of carbonyl (C=O) groups excluding carboxylic acids is 3. The molecule has 0 spiro atoms. The van der Waals surface area contributed by atoms with Crippen molar-refractivity contribution in [1.82, 2.24) is 0 Å². The van der Waals surface area contributed by atoms with Gasteiger partial charge in [-0.2, -0.15) is 0 Å². The van der Waals surface area contributed by atoms with Crippen LogP contribution < -0.4 is 0 Å². The van der Waals surface area contributed by atoms with Gasteiger partial charge in [0, 0.05) is 30.1 Å². The third kappa shape index (κ3) is 5.42. The van der Waals surface area contributed by atoms with Crippen LogP contribution in [0.4, 0.5) is 0 Å². The molecule has 1 heterocycles. The first-order valence-electron chi connectivity index (χ1n) is 17.1.